The van der Waals surface area contributed by atoms with Gasteiger partial charge in [0, 0.05) is 48.8 Å². The molecule has 1 amide bonds. The Morgan fingerprint density at radius 3 is 2.80 bits per heavy atom. The van der Waals surface area contributed by atoms with E-state index in [1.54, 1.807) is 18.2 Å². The Morgan fingerprint density at radius 2 is 2.00 bits per heavy atom. The van der Waals surface area contributed by atoms with E-state index in [1.807, 2.05) is 48.1 Å². The van der Waals surface area contributed by atoms with Gasteiger partial charge in [-0.25, -0.2) is 8.42 Å². The minimum Gasteiger partial charge on any atom is -0.352 e. The molecule has 0 aliphatic carbocycles. The molecule has 2 aromatic carbocycles. The van der Waals surface area contributed by atoms with Crippen molar-refractivity contribution in [2.75, 3.05) is 13.1 Å². The average molecular weight is 446 g/mol. The number of carbonyl (C=O) groups is 1. The number of piperidine rings is 1. The van der Waals surface area contributed by atoms with Gasteiger partial charge in [0.2, 0.25) is 15.9 Å². The molecule has 0 radical (unpaired) electrons. The highest BCUT2D eigenvalue weighted by Gasteiger charge is 2.33. The standard InChI is InChI=1S/C22H24ClN3O3S/c1-25-12-10-16-13-19(8-9-21(16)25)30(28,29)26-11-4-6-18(15-26)22(27)24-14-17-5-2-3-7-20(17)23/h2-3,5,7-10,12-13,18H,4,6,11,14-15H2,1H3,(H,24,27). The molecule has 1 aromatic heterocycles. The summed E-state index contributed by atoms with van der Waals surface area (Å²) in [6.45, 7) is 0.930. The number of fused-ring (bicyclic) bond motifs is 1. The Kier molecular flexibility index (Phi) is 5.86. The molecule has 1 fully saturated rings. The van der Waals surface area contributed by atoms with E-state index in [9.17, 15) is 13.2 Å². The summed E-state index contributed by atoms with van der Waals surface area (Å²) in [5.41, 5.74) is 1.81. The normalized spacial score (nSPS) is 17.9. The average Bonchev–Trinajstić information content (AvgIpc) is 3.13. The van der Waals surface area contributed by atoms with Gasteiger partial charge >= 0.3 is 0 Å². The fourth-order valence-corrected chi connectivity index (χ4v) is 5.67. The lowest BCUT2D eigenvalue weighted by molar-refractivity contribution is -0.126. The number of nitrogens with zero attached hydrogens (tertiary/aromatic N) is 2. The highest BCUT2D eigenvalue weighted by atomic mass is 35.5. The molecule has 2 heterocycles. The maximum absolute atomic E-state index is 13.2. The summed E-state index contributed by atoms with van der Waals surface area (Å²) in [4.78, 5) is 13.0. The second kappa shape index (κ2) is 8.41. The van der Waals surface area contributed by atoms with Crippen LogP contribution in [0.15, 0.2) is 59.6 Å². The molecule has 4 rings (SSSR count). The van der Waals surface area contributed by atoms with Crippen molar-refractivity contribution in [1.29, 1.82) is 0 Å². The molecule has 158 valence electrons. The number of hydrogen-bond donors (Lipinski definition) is 1. The predicted octanol–water partition coefficient (Wildman–Crippen LogP) is 3.55. The summed E-state index contributed by atoms with van der Waals surface area (Å²) >= 11 is 6.15. The molecule has 8 heteroatoms. The maximum Gasteiger partial charge on any atom is 0.243 e. The SMILES string of the molecule is Cn1ccc2cc(S(=O)(=O)N3CCCC(C(=O)NCc4ccccc4Cl)C3)ccc21. The minimum absolute atomic E-state index is 0.145. The Hall–Kier alpha value is -2.35. The first kappa shape index (κ1) is 20.9. The summed E-state index contributed by atoms with van der Waals surface area (Å²) in [5.74, 6) is -0.523. The van der Waals surface area contributed by atoms with Gasteiger partial charge in [-0.2, -0.15) is 4.31 Å². The molecule has 0 saturated carbocycles. The Morgan fingerprint density at radius 1 is 1.20 bits per heavy atom. The zero-order valence-electron chi connectivity index (χ0n) is 16.7. The van der Waals surface area contributed by atoms with E-state index in [1.165, 1.54) is 4.31 Å². The topological polar surface area (TPSA) is 71.4 Å². The lowest BCUT2D eigenvalue weighted by Gasteiger charge is -2.31. The lowest BCUT2D eigenvalue weighted by Crippen LogP contribution is -2.45. The maximum atomic E-state index is 13.2. The van der Waals surface area contributed by atoms with Crippen LogP contribution in [-0.2, 0) is 28.4 Å². The van der Waals surface area contributed by atoms with E-state index in [0.29, 0.717) is 31.0 Å². The van der Waals surface area contributed by atoms with E-state index in [0.717, 1.165) is 16.5 Å². The van der Waals surface area contributed by atoms with Crippen LogP contribution in [0.5, 0.6) is 0 Å². The fourth-order valence-electron chi connectivity index (χ4n) is 3.91. The zero-order valence-corrected chi connectivity index (χ0v) is 18.3. The molecule has 1 N–H and O–H groups in total. The molecular weight excluding hydrogens is 422 g/mol. The highest BCUT2D eigenvalue weighted by molar-refractivity contribution is 7.89. The van der Waals surface area contributed by atoms with Gasteiger partial charge in [-0.15, -0.1) is 0 Å². The van der Waals surface area contributed by atoms with E-state index >= 15 is 0 Å². The summed E-state index contributed by atoms with van der Waals surface area (Å²) < 4.78 is 29.8. The van der Waals surface area contributed by atoms with E-state index < -0.39 is 10.0 Å². The number of sulfonamides is 1. The molecule has 0 spiro atoms. The number of hydrogen-bond acceptors (Lipinski definition) is 3. The van der Waals surface area contributed by atoms with Gasteiger partial charge < -0.3 is 9.88 Å². The Balaban J connectivity index is 1.46. The van der Waals surface area contributed by atoms with Crippen LogP contribution in [0.2, 0.25) is 5.02 Å². The van der Waals surface area contributed by atoms with Crippen LogP contribution in [0, 0.1) is 5.92 Å². The number of rotatable bonds is 5. The molecular formula is C22H24ClN3O3S. The second-order valence-electron chi connectivity index (χ2n) is 7.66. The van der Waals surface area contributed by atoms with E-state index in [2.05, 4.69) is 5.32 Å². The summed E-state index contributed by atoms with van der Waals surface area (Å²) in [5, 5.41) is 4.38. The zero-order chi connectivity index (χ0) is 21.3. The number of amides is 1. The van der Waals surface area contributed by atoms with Crippen molar-refractivity contribution in [2.45, 2.75) is 24.3 Å². The third kappa shape index (κ3) is 4.10. The molecule has 3 aromatic rings. The molecule has 30 heavy (non-hydrogen) atoms. The Bertz CT molecular complexity index is 1190. The van der Waals surface area contributed by atoms with Crippen molar-refractivity contribution in [3.63, 3.8) is 0 Å². The van der Waals surface area contributed by atoms with Gasteiger partial charge in [0.25, 0.3) is 0 Å². The van der Waals surface area contributed by atoms with Crippen LogP contribution in [0.1, 0.15) is 18.4 Å². The first-order valence-electron chi connectivity index (χ1n) is 9.92. The first-order chi connectivity index (χ1) is 14.4. The van der Waals surface area contributed by atoms with Crippen molar-refractivity contribution < 1.29 is 13.2 Å². The van der Waals surface area contributed by atoms with Crippen LogP contribution in [0.3, 0.4) is 0 Å². The van der Waals surface area contributed by atoms with Crippen molar-refractivity contribution in [1.82, 2.24) is 14.2 Å². The minimum atomic E-state index is -3.66. The summed E-state index contributed by atoms with van der Waals surface area (Å²) in [6.07, 6.45) is 3.22. The number of benzene rings is 2. The molecule has 1 atom stereocenters. The van der Waals surface area contributed by atoms with Crippen LogP contribution < -0.4 is 5.32 Å². The number of aromatic nitrogens is 1. The van der Waals surface area contributed by atoms with E-state index in [-0.39, 0.29) is 23.3 Å². The number of halogens is 1. The third-order valence-electron chi connectivity index (χ3n) is 5.66. The largest absolute Gasteiger partial charge is 0.352 e. The monoisotopic (exact) mass is 445 g/mol. The Labute approximate surface area is 181 Å². The van der Waals surface area contributed by atoms with Crippen LogP contribution >= 0.6 is 11.6 Å². The lowest BCUT2D eigenvalue weighted by atomic mass is 9.99. The van der Waals surface area contributed by atoms with Gasteiger partial charge in [-0.05, 0) is 48.7 Å². The van der Waals surface area contributed by atoms with Gasteiger partial charge in [-0.3, -0.25) is 4.79 Å². The van der Waals surface area contributed by atoms with Crippen molar-refractivity contribution in [3.05, 3.63) is 65.3 Å². The molecule has 1 aliphatic heterocycles. The quantitative estimate of drug-likeness (QED) is 0.652. The van der Waals surface area contributed by atoms with Crippen molar-refractivity contribution in [2.24, 2.45) is 13.0 Å². The molecule has 6 nitrogen and oxygen atoms in total. The molecule has 1 aliphatic rings. The summed E-state index contributed by atoms with van der Waals surface area (Å²) in [6, 6.07) is 14.4. The van der Waals surface area contributed by atoms with Crippen molar-refractivity contribution >= 4 is 38.4 Å². The van der Waals surface area contributed by atoms with Crippen LogP contribution in [0.25, 0.3) is 10.9 Å². The second-order valence-corrected chi connectivity index (χ2v) is 10.0. The van der Waals surface area contributed by atoms with Gasteiger partial charge in [0.05, 0.1) is 10.8 Å². The van der Waals surface area contributed by atoms with Crippen molar-refractivity contribution in [3.8, 4) is 0 Å². The van der Waals surface area contributed by atoms with Gasteiger partial charge in [0.15, 0.2) is 0 Å². The predicted molar refractivity (Wildman–Crippen MR) is 118 cm³/mol. The number of aryl methyl sites for hydroxylation is 1. The smallest absolute Gasteiger partial charge is 0.243 e. The van der Waals surface area contributed by atoms with E-state index in [4.69, 9.17) is 11.6 Å². The van der Waals surface area contributed by atoms with Crippen LogP contribution in [-0.4, -0.2) is 36.3 Å². The highest BCUT2D eigenvalue weighted by Crippen LogP contribution is 2.27. The third-order valence-corrected chi connectivity index (χ3v) is 7.89. The molecule has 1 saturated heterocycles. The van der Waals surface area contributed by atoms with Gasteiger partial charge in [0.1, 0.15) is 0 Å². The molecule has 0 bridgehead atoms. The number of carbonyl (C=O) groups excluding carboxylic acids is 1. The fraction of sp³-hybridized carbons (Fsp3) is 0.318. The van der Waals surface area contributed by atoms with Crippen LogP contribution in [0.4, 0.5) is 0 Å². The summed E-state index contributed by atoms with van der Waals surface area (Å²) in [7, 11) is -1.74. The van der Waals surface area contributed by atoms with Gasteiger partial charge in [-0.1, -0.05) is 29.8 Å². The number of nitrogens with one attached hydrogen (secondary N) is 1. The first-order valence-corrected chi connectivity index (χ1v) is 11.7. The molecule has 1 unspecified atom stereocenters.